The molecule has 7 nitrogen and oxygen atoms in total. The normalized spacial score (nSPS) is 14.3. The van der Waals surface area contributed by atoms with Gasteiger partial charge in [0.2, 0.25) is 5.91 Å². The molecule has 1 aromatic heterocycles. The summed E-state index contributed by atoms with van der Waals surface area (Å²) in [6, 6.07) is 6.02. The zero-order chi connectivity index (χ0) is 21.7. The highest BCUT2D eigenvalue weighted by Gasteiger charge is 2.26. The number of aromatic nitrogens is 1. The average molecular weight is 450 g/mol. The molecule has 2 aromatic rings. The summed E-state index contributed by atoms with van der Waals surface area (Å²) in [5.74, 6) is -0.352. The van der Waals surface area contributed by atoms with E-state index < -0.39 is 0 Å². The lowest BCUT2D eigenvalue weighted by Gasteiger charge is -2.31. The highest BCUT2D eigenvalue weighted by atomic mass is 32.1. The lowest BCUT2D eigenvalue weighted by molar-refractivity contribution is -0.131. The Hall–Kier alpha value is -2.59. The van der Waals surface area contributed by atoms with E-state index in [0.717, 1.165) is 23.4 Å². The number of likely N-dealkylation sites (tertiary alicyclic amines) is 1. The summed E-state index contributed by atoms with van der Waals surface area (Å²) in [5.41, 5.74) is 3.83. The van der Waals surface area contributed by atoms with Crippen molar-refractivity contribution in [3.05, 3.63) is 51.7 Å². The third kappa shape index (κ3) is 5.51. The van der Waals surface area contributed by atoms with Crippen LogP contribution in [0.1, 0.15) is 39.8 Å². The van der Waals surface area contributed by atoms with E-state index in [1.54, 1.807) is 31.6 Å². The molecule has 1 fully saturated rings. The fraction of sp³-hybridized carbons (Fsp3) is 0.400. The van der Waals surface area contributed by atoms with Gasteiger partial charge in [0.25, 0.3) is 5.91 Å². The number of thiazole rings is 1. The van der Waals surface area contributed by atoms with E-state index in [4.69, 9.17) is 12.2 Å². The van der Waals surface area contributed by atoms with Crippen molar-refractivity contribution in [2.24, 2.45) is 0 Å². The van der Waals surface area contributed by atoms with Crippen LogP contribution in [0.2, 0.25) is 0 Å². The molecule has 0 radical (unpaired) electrons. The van der Waals surface area contributed by atoms with Gasteiger partial charge in [-0.05, 0) is 42.8 Å². The Bertz CT molecular complexity index is 910. The molecule has 1 aromatic carbocycles. The van der Waals surface area contributed by atoms with Gasteiger partial charge in [-0.2, -0.15) is 0 Å². The first kappa shape index (κ1) is 22.1. The van der Waals surface area contributed by atoms with Crippen LogP contribution in [0.5, 0.6) is 0 Å². The molecule has 3 rings (SSSR count). The van der Waals surface area contributed by atoms with Gasteiger partial charge in [-0.1, -0.05) is 12.1 Å². The molecule has 30 heavy (non-hydrogen) atoms. The summed E-state index contributed by atoms with van der Waals surface area (Å²) in [4.78, 5) is 31.2. The molecule has 1 aliphatic rings. The smallest absolute Gasteiger partial charge is 0.289 e. The fourth-order valence-electron chi connectivity index (χ4n) is 3.27. The number of thiocarbonyl (C=S) groups is 1. The van der Waals surface area contributed by atoms with E-state index in [2.05, 4.69) is 15.7 Å². The molecular weight excluding hydrogens is 425 g/mol. The van der Waals surface area contributed by atoms with Crippen LogP contribution in [0.25, 0.3) is 0 Å². The average Bonchev–Trinajstić information content (AvgIpc) is 3.25. The van der Waals surface area contributed by atoms with Crippen molar-refractivity contribution in [1.82, 2.24) is 25.6 Å². The van der Waals surface area contributed by atoms with Gasteiger partial charge in [-0.3, -0.25) is 20.0 Å². The van der Waals surface area contributed by atoms with Gasteiger partial charge < -0.3 is 10.2 Å². The summed E-state index contributed by atoms with van der Waals surface area (Å²) < 4.78 is 13.0. The summed E-state index contributed by atoms with van der Waals surface area (Å²) in [7, 11) is 3.34. The van der Waals surface area contributed by atoms with Gasteiger partial charge in [0, 0.05) is 38.5 Å². The van der Waals surface area contributed by atoms with Crippen LogP contribution >= 0.6 is 23.6 Å². The van der Waals surface area contributed by atoms with E-state index >= 15 is 0 Å². The molecule has 160 valence electrons. The van der Waals surface area contributed by atoms with Crippen molar-refractivity contribution < 1.29 is 14.0 Å². The van der Waals surface area contributed by atoms with Gasteiger partial charge in [-0.15, -0.1) is 11.3 Å². The first-order valence-electron chi connectivity index (χ1n) is 9.61. The van der Waals surface area contributed by atoms with Gasteiger partial charge >= 0.3 is 0 Å². The molecule has 2 amide bonds. The molecule has 2 N–H and O–H groups in total. The van der Waals surface area contributed by atoms with E-state index in [1.165, 1.54) is 28.5 Å². The number of hydrogen-bond donors (Lipinski definition) is 2. The Morgan fingerprint density at radius 3 is 2.60 bits per heavy atom. The van der Waals surface area contributed by atoms with Crippen LogP contribution in [0, 0.1) is 5.82 Å². The standard InChI is InChI=1S/C20H24FN5O2S2/c1-22-20(29)25(2)24-18(28)16-12-30-19(23-16)14-7-9-26(10-8-14)17(27)11-13-3-5-15(21)6-4-13/h3-6,12,14H,7-11H2,1-2H3,(H,22,29)(H,24,28). The largest absolute Gasteiger partial charge is 0.364 e. The minimum absolute atomic E-state index is 0.0443. The van der Waals surface area contributed by atoms with Crippen LogP contribution in [-0.4, -0.2) is 59.0 Å². The Labute approximate surface area is 184 Å². The third-order valence-electron chi connectivity index (χ3n) is 5.01. The number of benzene rings is 1. The molecule has 1 aliphatic heterocycles. The fourth-order valence-corrected chi connectivity index (χ4v) is 4.29. The third-order valence-corrected chi connectivity index (χ3v) is 6.49. The minimum atomic E-state index is -0.315. The highest BCUT2D eigenvalue weighted by Crippen LogP contribution is 2.30. The molecule has 0 saturated carbocycles. The predicted molar refractivity (Wildman–Crippen MR) is 118 cm³/mol. The second-order valence-electron chi connectivity index (χ2n) is 7.08. The van der Waals surface area contributed by atoms with Crippen LogP contribution in [0.3, 0.4) is 0 Å². The molecular formula is C20H24FN5O2S2. The van der Waals surface area contributed by atoms with Crippen molar-refractivity contribution in [2.45, 2.75) is 25.2 Å². The van der Waals surface area contributed by atoms with Crippen LogP contribution in [-0.2, 0) is 11.2 Å². The quantitative estimate of drug-likeness (QED) is 0.551. The Morgan fingerprint density at radius 2 is 1.97 bits per heavy atom. The predicted octanol–water partition coefficient (Wildman–Crippen LogP) is 2.31. The first-order chi connectivity index (χ1) is 14.4. The van der Waals surface area contributed by atoms with E-state index in [1.807, 2.05) is 4.90 Å². The zero-order valence-corrected chi connectivity index (χ0v) is 18.5. The summed E-state index contributed by atoms with van der Waals surface area (Å²) >= 11 is 6.53. The molecule has 0 bridgehead atoms. The SMILES string of the molecule is CNC(=S)N(C)NC(=O)c1csc(C2CCN(C(=O)Cc3ccc(F)cc3)CC2)n1. The van der Waals surface area contributed by atoms with E-state index in [0.29, 0.717) is 23.9 Å². The number of halogens is 1. The maximum atomic E-state index is 13.0. The van der Waals surface area contributed by atoms with Gasteiger partial charge in [0.05, 0.1) is 11.4 Å². The molecule has 1 saturated heterocycles. The van der Waals surface area contributed by atoms with Crippen molar-refractivity contribution in [3.8, 4) is 0 Å². The van der Waals surface area contributed by atoms with Crippen LogP contribution < -0.4 is 10.7 Å². The van der Waals surface area contributed by atoms with Crippen molar-refractivity contribution in [2.75, 3.05) is 27.2 Å². The maximum Gasteiger partial charge on any atom is 0.289 e. The second kappa shape index (κ2) is 9.94. The summed E-state index contributed by atoms with van der Waals surface area (Å²) in [6.45, 7) is 1.29. The molecule has 10 heteroatoms. The highest BCUT2D eigenvalue weighted by molar-refractivity contribution is 7.80. The van der Waals surface area contributed by atoms with Crippen molar-refractivity contribution >= 4 is 40.5 Å². The van der Waals surface area contributed by atoms with Crippen molar-refractivity contribution in [1.29, 1.82) is 0 Å². The Balaban J connectivity index is 1.51. The number of carbonyl (C=O) groups excluding carboxylic acids is 2. The van der Waals surface area contributed by atoms with E-state index in [-0.39, 0.29) is 30.0 Å². The van der Waals surface area contributed by atoms with Crippen LogP contribution in [0.15, 0.2) is 29.6 Å². The lowest BCUT2D eigenvalue weighted by Crippen LogP contribution is -2.47. The number of amides is 2. The molecule has 0 unspecified atom stereocenters. The second-order valence-corrected chi connectivity index (χ2v) is 8.36. The maximum absolute atomic E-state index is 13.0. The number of hydrogen-bond acceptors (Lipinski definition) is 5. The number of hydrazine groups is 1. The van der Waals surface area contributed by atoms with Crippen LogP contribution in [0.4, 0.5) is 4.39 Å². The number of carbonyl (C=O) groups is 2. The van der Waals surface area contributed by atoms with Gasteiger partial charge in [-0.25, -0.2) is 9.37 Å². The summed E-state index contributed by atoms with van der Waals surface area (Å²) in [5, 5.41) is 7.27. The summed E-state index contributed by atoms with van der Waals surface area (Å²) in [6.07, 6.45) is 1.87. The monoisotopic (exact) mass is 449 g/mol. The molecule has 0 atom stereocenters. The zero-order valence-electron chi connectivity index (χ0n) is 16.9. The number of rotatable bonds is 4. The van der Waals surface area contributed by atoms with Crippen molar-refractivity contribution in [3.63, 3.8) is 0 Å². The molecule has 0 spiro atoms. The van der Waals surface area contributed by atoms with Gasteiger partial charge in [0.1, 0.15) is 11.5 Å². The first-order valence-corrected chi connectivity index (χ1v) is 10.9. The van der Waals surface area contributed by atoms with Gasteiger partial charge in [0.15, 0.2) is 5.11 Å². The number of piperidine rings is 1. The Kier molecular flexibility index (Phi) is 7.33. The molecule has 0 aliphatic carbocycles. The Morgan fingerprint density at radius 1 is 1.30 bits per heavy atom. The minimum Gasteiger partial charge on any atom is -0.364 e. The topological polar surface area (TPSA) is 77.6 Å². The number of nitrogens with zero attached hydrogens (tertiary/aromatic N) is 3. The lowest BCUT2D eigenvalue weighted by atomic mass is 9.97. The van der Waals surface area contributed by atoms with E-state index in [9.17, 15) is 14.0 Å². The molecule has 2 heterocycles. The number of nitrogens with one attached hydrogen (secondary N) is 2.